The van der Waals surface area contributed by atoms with Gasteiger partial charge in [-0.3, -0.25) is 9.59 Å². The van der Waals surface area contributed by atoms with Crippen molar-refractivity contribution in [3.63, 3.8) is 0 Å². The molecule has 0 bridgehead atoms. The number of hydrogen-bond donors (Lipinski definition) is 4. The number of pyridine rings is 2. The molecule has 2 aliphatic carbocycles. The number of H-pyrrole nitrogens is 2. The van der Waals surface area contributed by atoms with Gasteiger partial charge in [0.25, 0.3) is 0 Å². The third kappa shape index (κ3) is 5.06. The molecule has 0 aromatic carbocycles. The number of aromatic amines is 2. The summed E-state index contributed by atoms with van der Waals surface area (Å²) in [6.45, 7) is 2.02. The summed E-state index contributed by atoms with van der Waals surface area (Å²) in [7, 11) is 0. The Morgan fingerprint density at radius 2 is 1.21 bits per heavy atom. The van der Waals surface area contributed by atoms with Crippen LogP contribution in [-0.2, 0) is 12.8 Å². The van der Waals surface area contributed by atoms with Crippen LogP contribution in [0.5, 0.6) is 0 Å². The molecule has 0 spiro atoms. The third-order valence-electron chi connectivity index (χ3n) is 6.30. The zero-order chi connectivity index (χ0) is 20.1. The Bertz CT molecular complexity index is 857. The standard InChI is InChI=1S/C23H32N4O2/c28-22-12-10-16-18(6-4-8-20(16)26-22)24-14-2-1-3-15-25-19-7-5-9-21-17(19)11-13-23(29)27-21/h10-13,18-19,24-25H,1-9,14-15H2,(H,26,28)(H,27,29)/t18-,19-/m1/s1. The largest absolute Gasteiger partial charge is 0.326 e. The molecule has 0 amide bonds. The van der Waals surface area contributed by atoms with Crippen molar-refractivity contribution in [1.82, 2.24) is 20.6 Å². The van der Waals surface area contributed by atoms with E-state index in [9.17, 15) is 9.59 Å². The molecule has 0 radical (unpaired) electrons. The first-order valence-electron chi connectivity index (χ1n) is 11.1. The molecule has 0 saturated heterocycles. The van der Waals surface area contributed by atoms with Gasteiger partial charge >= 0.3 is 0 Å². The molecule has 6 nitrogen and oxygen atoms in total. The van der Waals surface area contributed by atoms with Crippen LogP contribution in [-0.4, -0.2) is 23.1 Å². The van der Waals surface area contributed by atoms with Crippen molar-refractivity contribution in [2.75, 3.05) is 13.1 Å². The van der Waals surface area contributed by atoms with E-state index in [0.29, 0.717) is 12.1 Å². The number of hydrogen-bond acceptors (Lipinski definition) is 4. The van der Waals surface area contributed by atoms with Crippen molar-refractivity contribution >= 4 is 0 Å². The molecule has 2 aliphatic rings. The van der Waals surface area contributed by atoms with Crippen LogP contribution in [0, 0.1) is 0 Å². The Hall–Kier alpha value is -2.18. The maximum atomic E-state index is 11.5. The molecular formula is C23H32N4O2. The van der Waals surface area contributed by atoms with Gasteiger partial charge in [0.1, 0.15) is 0 Å². The summed E-state index contributed by atoms with van der Waals surface area (Å²) < 4.78 is 0. The highest BCUT2D eigenvalue weighted by Crippen LogP contribution is 2.28. The first-order chi connectivity index (χ1) is 14.2. The van der Waals surface area contributed by atoms with Crippen LogP contribution in [0.15, 0.2) is 33.9 Å². The van der Waals surface area contributed by atoms with Crippen LogP contribution < -0.4 is 21.8 Å². The summed E-state index contributed by atoms with van der Waals surface area (Å²) in [4.78, 5) is 29.0. The van der Waals surface area contributed by atoms with E-state index in [2.05, 4.69) is 20.6 Å². The average Bonchev–Trinajstić information content (AvgIpc) is 2.72. The number of nitrogens with one attached hydrogen (secondary N) is 4. The first kappa shape index (κ1) is 20.1. The summed E-state index contributed by atoms with van der Waals surface area (Å²) in [5.41, 5.74) is 4.77. The van der Waals surface area contributed by atoms with Crippen molar-refractivity contribution in [3.8, 4) is 0 Å². The lowest BCUT2D eigenvalue weighted by atomic mass is 9.91. The first-order valence-corrected chi connectivity index (χ1v) is 11.1. The summed E-state index contributed by atoms with van der Waals surface area (Å²) in [6, 6.07) is 8.01. The molecule has 6 heteroatoms. The van der Waals surface area contributed by atoms with Crippen LogP contribution in [0.4, 0.5) is 0 Å². The van der Waals surface area contributed by atoms with E-state index in [-0.39, 0.29) is 11.1 Å². The second-order valence-corrected chi connectivity index (χ2v) is 8.37. The fourth-order valence-corrected chi connectivity index (χ4v) is 4.80. The maximum Gasteiger partial charge on any atom is 0.248 e. The predicted octanol–water partition coefficient (Wildman–Crippen LogP) is 2.87. The van der Waals surface area contributed by atoms with E-state index < -0.39 is 0 Å². The molecule has 4 N–H and O–H groups in total. The molecule has 0 aliphatic heterocycles. The zero-order valence-electron chi connectivity index (χ0n) is 17.1. The van der Waals surface area contributed by atoms with Gasteiger partial charge in [0, 0.05) is 35.6 Å². The molecule has 0 saturated carbocycles. The number of aryl methyl sites for hydroxylation is 2. The molecule has 156 valence electrons. The number of fused-ring (bicyclic) bond motifs is 2. The highest BCUT2D eigenvalue weighted by atomic mass is 16.1. The number of rotatable bonds is 8. The third-order valence-corrected chi connectivity index (χ3v) is 6.30. The average molecular weight is 397 g/mol. The Kier molecular flexibility index (Phi) is 6.62. The van der Waals surface area contributed by atoms with Crippen LogP contribution in [0.2, 0.25) is 0 Å². The minimum atomic E-state index is 0.00356. The van der Waals surface area contributed by atoms with Gasteiger partial charge in [-0.2, -0.15) is 0 Å². The molecular weight excluding hydrogens is 364 g/mol. The van der Waals surface area contributed by atoms with E-state index in [1.54, 1.807) is 12.1 Å². The quantitative estimate of drug-likeness (QED) is 0.517. The Morgan fingerprint density at radius 1 is 0.724 bits per heavy atom. The van der Waals surface area contributed by atoms with Crippen molar-refractivity contribution in [1.29, 1.82) is 0 Å². The summed E-state index contributed by atoms with van der Waals surface area (Å²) in [5.74, 6) is 0. The minimum absolute atomic E-state index is 0.00356. The van der Waals surface area contributed by atoms with Crippen LogP contribution in [0.1, 0.15) is 79.5 Å². The van der Waals surface area contributed by atoms with Crippen molar-refractivity contribution in [2.45, 2.75) is 69.9 Å². The van der Waals surface area contributed by atoms with Gasteiger partial charge < -0.3 is 20.6 Å². The molecule has 2 atom stereocenters. The maximum absolute atomic E-state index is 11.5. The van der Waals surface area contributed by atoms with E-state index >= 15 is 0 Å². The van der Waals surface area contributed by atoms with E-state index in [1.165, 1.54) is 17.5 Å². The van der Waals surface area contributed by atoms with Crippen LogP contribution in [0.25, 0.3) is 0 Å². The van der Waals surface area contributed by atoms with Crippen molar-refractivity contribution < 1.29 is 0 Å². The fraction of sp³-hybridized carbons (Fsp3) is 0.565. The highest BCUT2D eigenvalue weighted by molar-refractivity contribution is 5.27. The summed E-state index contributed by atoms with van der Waals surface area (Å²) >= 11 is 0. The molecule has 0 fully saturated rings. The Morgan fingerprint density at radius 3 is 1.69 bits per heavy atom. The molecule has 0 unspecified atom stereocenters. The van der Waals surface area contributed by atoms with E-state index in [4.69, 9.17) is 0 Å². The van der Waals surface area contributed by atoms with Crippen LogP contribution in [0.3, 0.4) is 0 Å². The van der Waals surface area contributed by atoms with Gasteiger partial charge in [-0.15, -0.1) is 0 Å². The van der Waals surface area contributed by atoms with Crippen LogP contribution >= 0.6 is 0 Å². The normalized spacial score (nSPS) is 20.8. The van der Waals surface area contributed by atoms with Gasteiger partial charge in [0.2, 0.25) is 11.1 Å². The molecule has 2 aromatic heterocycles. The SMILES string of the molecule is O=c1ccc2c([nH]1)CCC[C@H]2NCCCCCN[C@@H]1CCCc2[nH]c(=O)ccc21. The predicted molar refractivity (Wildman–Crippen MR) is 115 cm³/mol. The van der Waals surface area contributed by atoms with E-state index in [0.717, 1.165) is 75.8 Å². The van der Waals surface area contributed by atoms with Crippen molar-refractivity contribution in [2.24, 2.45) is 0 Å². The van der Waals surface area contributed by atoms with Gasteiger partial charge in [-0.1, -0.05) is 18.6 Å². The smallest absolute Gasteiger partial charge is 0.248 e. The molecule has 2 aromatic rings. The lowest BCUT2D eigenvalue weighted by molar-refractivity contribution is 0.429. The van der Waals surface area contributed by atoms with Gasteiger partial charge in [-0.05, 0) is 75.6 Å². The second-order valence-electron chi connectivity index (χ2n) is 8.37. The molecule has 29 heavy (non-hydrogen) atoms. The second kappa shape index (κ2) is 9.55. The lowest BCUT2D eigenvalue weighted by Gasteiger charge is -2.26. The zero-order valence-corrected chi connectivity index (χ0v) is 17.1. The summed E-state index contributed by atoms with van der Waals surface area (Å²) in [5, 5.41) is 7.36. The van der Waals surface area contributed by atoms with Crippen molar-refractivity contribution in [3.05, 3.63) is 67.5 Å². The Balaban J connectivity index is 1.16. The summed E-state index contributed by atoms with van der Waals surface area (Å²) in [6.07, 6.45) is 10.0. The highest BCUT2D eigenvalue weighted by Gasteiger charge is 2.21. The monoisotopic (exact) mass is 396 g/mol. The number of aromatic nitrogens is 2. The van der Waals surface area contributed by atoms with Gasteiger partial charge in [-0.25, -0.2) is 0 Å². The topological polar surface area (TPSA) is 89.8 Å². The fourth-order valence-electron chi connectivity index (χ4n) is 4.80. The van der Waals surface area contributed by atoms with Gasteiger partial charge in [0.05, 0.1) is 0 Å². The number of unbranched alkanes of at least 4 members (excludes halogenated alkanes) is 2. The molecule has 4 rings (SSSR count). The minimum Gasteiger partial charge on any atom is -0.326 e. The van der Waals surface area contributed by atoms with E-state index in [1.807, 2.05) is 12.1 Å². The van der Waals surface area contributed by atoms with Gasteiger partial charge in [0.15, 0.2) is 0 Å². The Labute approximate surface area is 171 Å². The lowest BCUT2D eigenvalue weighted by Crippen LogP contribution is -2.29. The molecule has 2 heterocycles.